The third-order valence-corrected chi connectivity index (χ3v) is 3.66. The molecule has 0 bridgehead atoms. The van der Waals surface area contributed by atoms with E-state index in [1.165, 1.54) is 0 Å². The Balaban J connectivity index is 1.77. The van der Waals surface area contributed by atoms with E-state index in [2.05, 4.69) is 27.2 Å². The predicted octanol–water partition coefficient (Wildman–Crippen LogP) is 2.51. The molecule has 6 nitrogen and oxygen atoms in total. The van der Waals surface area contributed by atoms with Crippen molar-refractivity contribution in [1.29, 1.82) is 0 Å². The highest BCUT2D eigenvalue weighted by Gasteiger charge is 2.09. The molecule has 0 amide bonds. The number of aromatic nitrogens is 4. The van der Waals surface area contributed by atoms with E-state index < -0.39 is 6.10 Å². The fourth-order valence-electron chi connectivity index (χ4n) is 2.34. The van der Waals surface area contributed by atoms with Crippen LogP contribution in [0.15, 0.2) is 36.9 Å². The topological polar surface area (TPSA) is 75.9 Å². The largest absolute Gasteiger partial charge is 0.389 e. The quantitative estimate of drug-likeness (QED) is 0.757. The van der Waals surface area contributed by atoms with Crippen LogP contribution < -0.4 is 5.32 Å². The number of aryl methyl sites for hydroxylation is 1. The van der Waals surface area contributed by atoms with E-state index in [0.29, 0.717) is 6.54 Å². The number of nitrogens with zero attached hydrogens (tertiary/aromatic N) is 4. The number of rotatable bonds is 5. The Morgan fingerprint density at radius 1 is 1.18 bits per heavy atom. The average Bonchev–Trinajstić information content (AvgIpc) is 2.97. The molecule has 0 spiro atoms. The van der Waals surface area contributed by atoms with Gasteiger partial charge in [-0.1, -0.05) is 24.3 Å². The molecular formula is C16H19N5O. The Bertz CT molecular complexity index is 764. The van der Waals surface area contributed by atoms with Gasteiger partial charge in [0.1, 0.15) is 11.8 Å². The first-order chi connectivity index (χ1) is 10.7. The molecule has 0 aliphatic carbocycles. The van der Waals surface area contributed by atoms with Gasteiger partial charge in [0, 0.05) is 13.1 Å². The summed E-state index contributed by atoms with van der Waals surface area (Å²) in [6.07, 6.45) is 2.89. The third-order valence-electron chi connectivity index (χ3n) is 3.66. The van der Waals surface area contributed by atoms with Crippen LogP contribution in [-0.4, -0.2) is 24.6 Å². The van der Waals surface area contributed by atoms with Gasteiger partial charge in [0.05, 0.1) is 12.4 Å². The monoisotopic (exact) mass is 297 g/mol. The fraction of sp³-hybridized carbons (Fsp3) is 0.312. The molecule has 22 heavy (non-hydrogen) atoms. The molecule has 3 aromatic rings. The number of aliphatic hydroxyl groups excluding tert-OH is 1. The lowest BCUT2D eigenvalue weighted by Crippen LogP contribution is -2.03. The number of anilines is 1. The summed E-state index contributed by atoms with van der Waals surface area (Å²) in [6, 6.07) is 7.86. The van der Waals surface area contributed by atoms with Crippen molar-refractivity contribution in [3.8, 4) is 0 Å². The summed E-state index contributed by atoms with van der Waals surface area (Å²) in [7, 11) is 0. The summed E-state index contributed by atoms with van der Waals surface area (Å²) >= 11 is 0. The number of nitrogens with one attached hydrogen (secondary N) is 1. The summed E-state index contributed by atoms with van der Waals surface area (Å²) < 4.78 is 1.99. The Morgan fingerprint density at radius 3 is 2.64 bits per heavy atom. The van der Waals surface area contributed by atoms with Gasteiger partial charge < -0.3 is 15.0 Å². The van der Waals surface area contributed by atoms with Crippen molar-refractivity contribution in [1.82, 2.24) is 19.5 Å². The van der Waals surface area contributed by atoms with Gasteiger partial charge >= 0.3 is 0 Å². The normalized spacial score (nSPS) is 12.5. The van der Waals surface area contributed by atoms with Crippen LogP contribution in [0.4, 0.5) is 5.82 Å². The summed E-state index contributed by atoms with van der Waals surface area (Å²) in [6.45, 7) is 5.29. The van der Waals surface area contributed by atoms with Crippen LogP contribution >= 0.6 is 0 Å². The molecule has 1 aromatic carbocycles. The number of hydrogen-bond acceptors (Lipinski definition) is 5. The predicted molar refractivity (Wildman–Crippen MR) is 85.4 cm³/mol. The molecule has 0 unspecified atom stereocenters. The van der Waals surface area contributed by atoms with E-state index in [1.54, 1.807) is 19.6 Å². The molecule has 2 N–H and O–H groups in total. The van der Waals surface area contributed by atoms with Crippen LogP contribution in [0.2, 0.25) is 0 Å². The molecule has 0 aliphatic rings. The minimum absolute atomic E-state index is 0.443. The third kappa shape index (κ3) is 2.78. The van der Waals surface area contributed by atoms with Gasteiger partial charge in [-0.3, -0.25) is 0 Å². The van der Waals surface area contributed by atoms with Gasteiger partial charge in [-0.05, 0) is 25.0 Å². The highest BCUT2D eigenvalue weighted by molar-refractivity contribution is 5.82. The Hall–Kier alpha value is -2.47. The minimum atomic E-state index is -0.443. The lowest BCUT2D eigenvalue weighted by molar-refractivity contribution is 0.199. The highest BCUT2D eigenvalue weighted by atomic mass is 16.3. The second kappa shape index (κ2) is 6.11. The number of benzene rings is 1. The first-order valence-corrected chi connectivity index (χ1v) is 7.35. The van der Waals surface area contributed by atoms with Crippen LogP contribution in [0.1, 0.15) is 31.1 Å². The molecule has 0 aliphatic heterocycles. The van der Waals surface area contributed by atoms with E-state index in [4.69, 9.17) is 0 Å². The number of fused-ring (bicyclic) bond motifs is 1. The zero-order valence-electron chi connectivity index (χ0n) is 12.7. The lowest BCUT2D eigenvalue weighted by atomic mass is 10.1. The van der Waals surface area contributed by atoms with Crippen molar-refractivity contribution >= 4 is 17.0 Å². The summed E-state index contributed by atoms with van der Waals surface area (Å²) in [5.41, 5.74) is 3.65. The van der Waals surface area contributed by atoms with Gasteiger partial charge in [-0.15, -0.1) is 0 Å². The van der Waals surface area contributed by atoms with Crippen LogP contribution in [0.25, 0.3) is 11.2 Å². The first kappa shape index (κ1) is 14.5. The summed E-state index contributed by atoms with van der Waals surface area (Å²) in [4.78, 5) is 12.9. The van der Waals surface area contributed by atoms with E-state index >= 15 is 0 Å². The SMILES string of the molecule is CCn1cnc2c(NCc3ccc([C@@H](C)O)cc3)ncnc21. The van der Waals surface area contributed by atoms with Crippen LogP contribution in [-0.2, 0) is 13.1 Å². The second-order valence-electron chi connectivity index (χ2n) is 5.20. The van der Waals surface area contributed by atoms with Gasteiger partial charge in [0.2, 0.25) is 0 Å². The standard InChI is InChI=1S/C16H19N5O/c1-3-21-10-20-14-15(18-9-19-16(14)21)17-8-12-4-6-13(7-5-12)11(2)22/h4-7,9-11,22H,3,8H2,1-2H3,(H,17,18,19)/t11-/m1/s1. The summed E-state index contributed by atoms with van der Waals surface area (Å²) in [5, 5.41) is 12.8. The van der Waals surface area contributed by atoms with Crippen molar-refractivity contribution in [2.45, 2.75) is 33.0 Å². The molecule has 0 fully saturated rings. The average molecular weight is 297 g/mol. The maximum Gasteiger partial charge on any atom is 0.165 e. The van der Waals surface area contributed by atoms with Crippen molar-refractivity contribution in [2.75, 3.05) is 5.32 Å². The molecule has 2 heterocycles. The Labute approximate surface area is 128 Å². The number of hydrogen-bond donors (Lipinski definition) is 2. The minimum Gasteiger partial charge on any atom is -0.389 e. The second-order valence-corrected chi connectivity index (χ2v) is 5.20. The molecular weight excluding hydrogens is 278 g/mol. The molecule has 114 valence electrons. The maximum atomic E-state index is 9.52. The molecule has 0 saturated heterocycles. The molecule has 6 heteroatoms. The zero-order valence-corrected chi connectivity index (χ0v) is 12.7. The van der Waals surface area contributed by atoms with Crippen molar-refractivity contribution in [2.24, 2.45) is 0 Å². The van der Waals surface area contributed by atoms with Gasteiger partial charge in [-0.25, -0.2) is 15.0 Å². The van der Waals surface area contributed by atoms with Crippen molar-refractivity contribution in [3.05, 3.63) is 48.0 Å². The Morgan fingerprint density at radius 2 is 1.95 bits per heavy atom. The van der Waals surface area contributed by atoms with Crippen molar-refractivity contribution < 1.29 is 5.11 Å². The molecule has 3 rings (SSSR count). The Kier molecular flexibility index (Phi) is 4.02. The molecule has 0 radical (unpaired) electrons. The van der Waals surface area contributed by atoms with Gasteiger partial charge in [0.15, 0.2) is 11.5 Å². The molecule has 2 aromatic heterocycles. The number of aliphatic hydroxyl groups is 1. The van der Waals surface area contributed by atoms with Crippen molar-refractivity contribution in [3.63, 3.8) is 0 Å². The zero-order chi connectivity index (χ0) is 15.5. The van der Waals surface area contributed by atoms with E-state index in [9.17, 15) is 5.11 Å². The lowest BCUT2D eigenvalue weighted by Gasteiger charge is -2.08. The van der Waals surface area contributed by atoms with Gasteiger partial charge in [-0.2, -0.15) is 0 Å². The van der Waals surface area contributed by atoms with Crippen LogP contribution in [0.5, 0.6) is 0 Å². The van der Waals surface area contributed by atoms with E-state index in [1.807, 2.05) is 28.8 Å². The smallest absolute Gasteiger partial charge is 0.165 e. The summed E-state index contributed by atoms with van der Waals surface area (Å²) in [5.74, 6) is 0.733. The van der Waals surface area contributed by atoms with Crippen LogP contribution in [0, 0.1) is 0 Å². The van der Waals surface area contributed by atoms with Gasteiger partial charge in [0.25, 0.3) is 0 Å². The van der Waals surface area contributed by atoms with E-state index in [0.717, 1.165) is 34.7 Å². The number of imidazole rings is 1. The maximum absolute atomic E-state index is 9.52. The fourth-order valence-corrected chi connectivity index (χ4v) is 2.34. The first-order valence-electron chi connectivity index (χ1n) is 7.35. The molecule has 0 saturated carbocycles. The highest BCUT2D eigenvalue weighted by Crippen LogP contribution is 2.18. The van der Waals surface area contributed by atoms with Crippen LogP contribution in [0.3, 0.4) is 0 Å². The molecule has 1 atom stereocenters. The van der Waals surface area contributed by atoms with E-state index in [-0.39, 0.29) is 0 Å².